The van der Waals surface area contributed by atoms with Crippen LogP contribution in [-0.4, -0.2) is 31.2 Å². The van der Waals surface area contributed by atoms with Crippen LogP contribution in [0.5, 0.6) is 11.5 Å². The standard InChI is InChI=1S/C24H30N2O3/c1-6-16-9-7-10-17-20(14-25-23(16)17)19(13-22(27)26-15(2)3)18-11-8-12-21(28-4)24(18)29-5/h7-12,14-15,19,25H,6,13H2,1-5H3,(H,26,27)/t19-/m1/s1. The number of ether oxygens (including phenoxy) is 2. The van der Waals surface area contributed by atoms with Crippen LogP contribution in [-0.2, 0) is 11.2 Å². The van der Waals surface area contributed by atoms with E-state index in [-0.39, 0.29) is 17.9 Å². The summed E-state index contributed by atoms with van der Waals surface area (Å²) in [6.07, 6.45) is 3.29. The number of benzene rings is 2. The molecule has 1 amide bonds. The summed E-state index contributed by atoms with van der Waals surface area (Å²) in [7, 11) is 3.26. The minimum atomic E-state index is -0.167. The first-order valence-electron chi connectivity index (χ1n) is 10.1. The van der Waals surface area contributed by atoms with Gasteiger partial charge in [-0.3, -0.25) is 4.79 Å². The van der Waals surface area contributed by atoms with E-state index in [2.05, 4.69) is 35.4 Å². The molecule has 2 aromatic carbocycles. The number of carbonyl (C=O) groups is 1. The largest absolute Gasteiger partial charge is 0.493 e. The number of hydrogen-bond donors (Lipinski definition) is 2. The van der Waals surface area contributed by atoms with Crippen molar-refractivity contribution in [3.63, 3.8) is 0 Å². The Morgan fingerprint density at radius 2 is 1.83 bits per heavy atom. The number of methoxy groups -OCH3 is 2. The van der Waals surface area contributed by atoms with Gasteiger partial charge in [0.2, 0.25) is 5.91 Å². The number of amides is 1. The topological polar surface area (TPSA) is 63.4 Å². The number of nitrogens with one attached hydrogen (secondary N) is 2. The first-order chi connectivity index (χ1) is 14.0. The lowest BCUT2D eigenvalue weighted by atomic mass is 9.86. The Morgan fingerprint density at radius 3 is 2.48 bits per heavy atom. The van der Waals surface area contributed by atoms with Crippen LogP contribution in [0.1, 0.15) is 49.8 Å². The van der Waals surface area contributed by atoms with Crippen molar-refractivity contribution in [2.24, 2.45) is 0 Å². The molecule has 0 aliphatic carbocycles. The molecule has 1 heterocycles. The molecule has 154 valence electrons. The second kappa shape index (κ2) is 9.03. The van der Waals surface area contributed by atoms with Crippen molar-refractivity contribution < 1.29 is 14.3 Å². The molecular weight excluding hydrogens is 364 g/mol. The number of carbonyl (C=O) groups excluding carboxylic acids is 1. The summed E-state index contributed by atoms with van der Waals surface area (Å²) in [4.78, 5) is 16.2. The molecule has 0 unspecified atom stereocenters. The highest BCUT2D eigenvalue weighted by Crippen LogP contribution is 2.42. The number of aromatic amines is 1. The normalized spacial score (nSPS) is 12.2. The molecule has 2 N–H and O–H groups in total. The van der Waals surface area contributed by atoms with Crippen molar-refractivity contribution in [1.82, 2.24) is 10.3 Å². The number of aryl methyl sites for hydroxylation is 1. The summed E-state index contributed by atoms with van der Waals surface area (Å²) in [5.41, 5.74) is 4.41. The summed E-state index contributed by atoms with van der Waals surface area (Å²) in [6, 6.07) is 12.2. The van der Waals surface area contributed by atoms with Crippen molar-refractivity contribution in [3.05, 3.63) is 59.3 Å². The second-order valence-corrected chi connectivity index (χ2v) is 7.50. The minimum absolute atomic E-state index is 0.0101. The van der Waals surface area contributed by atoms with Gasteiger partial charge in [0.15, 0.2) is 11.5 Å². The summed E-state index contributed by atoms with van der Waals surface area (Å²) in [5, 5.41) is 4.16. The van der Waals surface area contributed by atoms with E-state index in [1.54, 1.807) is 14.2 Å². The zero-order valence-electron chi connectivity index (χ0n) is 17.8. The fraction of sp³-hybridized carbons (Fsp3) is 0.375. The van der Waals surface area contributed by atoms with Crippen LogP contribution in [0, 0.1) is 0 Å². The zero-order chi connectivity index (χ0) is 21.0. The molecule has 0 bridgehead atoms. The van der Waals surface area contributed by atoms with Gasteiger partial charge in [-0.15, -0.1) is 0 Å². The number of hydrogen-bond acceptors (Lipinski definition) is 3. The van der Waals surface area contributed by atoms with Crippen molar-refractivity contribution in [2.45, 2.75) is 45.6 Å². The van der Waals surface area contributed by atoms with Gasteiger partial charge < -0.3 is 19.8 Å². The maximum absolute atomic E-state index is 12.8. The van der Waals surface area contributed by atoms with Gasteiger partial charge in [-0.1, -0.05) is 37.3 Å². The molecule has 0 radical (unpaired) electrons. The highest BCUT2D eigenvalue weighted by Gasteiger charge is 2.26. The van der Waals surface area contributed by atoms with Gasteiger partial charge in [0, 0.05) is 41.0 Å². The van der Waals surface area contributed by atoms with Gasteiger partial charge in [0.1, 0.15) is 0 Å². The molecule has 1 atom stereocenters. The maximum Gasteiger partial charge on any atom is 0.221 e. The first kappa shape index (κ1) is 20.8. The monoisotopic (exact) mass is 394 g/mol. The predicted molar refractivity (Wildman–Crippen MR) is 117 cm³/mol. The van der Waals surface area contributed by atoms with Crippen molar-refractivity contribution in [3.8, 4) is 11.5 Å². The zero-order valence-corrected chi connectivity index (χ0v) is 17.8. The quantitative estimate of drug-likeness (QED) is 0.577. The first-order valence-corrected chi connectivity index (χ1v) is 10.1. The third kappa shape index (κ3) is 4.24. The van der Waals surface area contributed by atoms with Crippen LogP contribution < -0.4 is 14.8 Å². The van der Waals surface area contributed by atoms with Gasteiger partial charge in [-0.25, -0.2) is 0 Å². The molecule has 0 saturated carbocycles. The van der Waals surface area contributed by atoms with E-state index in [1.807, 2.05) is 38.2 Å². The van der Waals surface area contributed by atoms with Crippen LogP contribution >= 0.6 is 0 Å². The third-order valence-electron chi connectivity index (χ3n) is 5.24. The van der Waals surface area contributed by atoms with E-state index in [0.717, 1.165) is 28.5 Å². The van der Waals surface area contributed by atoms with E-state index in [9.17, 15) is 4.79 Å². The smallest absolute Gasteiger partial charge is 0.221 e. The molecule has 3 rings (SSSR count). The Morgan fingerprint density at radius 1 is 1.07 bits per heavy atom. The SMILES string of the molecule is CCc1cccc2c([C@H](CC(=O)NC(C)C)c3cccc(OC)c3OC)c[nH]c12. The minimum Gasteiger partial charge on any atom is -0.493 e. The Kier molecular flexibility index (Phi) is 6.47. The Bertz CT molecular complexity index is 991. The number of para-hydroxylation sites is 2. The molecule has 0 saturated heterocycles. The average Bonchev–Trinajstić information content (AvgIpc) is 3.14. The fourth-order valence-corrected chi connectivity index (χ4v) is 3.96. The van der Waals surface area contributed by atoms with Gasteiger partial charge in [-0.2, -0.15) is 0 Å². The van der Waals surface area contributed by atoms with Gasteiger partial charge >= 0.3 is 0 Å². The molecule has 5 heteroatoms. The Labute approximate surface area is 172 Å². The third-order valence-corrected chi connectivity index (χ3v) is 5.24. The molecule has 0 fully saturated rings. The fourth-order valence-electron chi connectivity index (χ4n) is 3.96. The molecule has 0 spiro atoms. The molecule has 29 heavy (non-hydrogen) atoms. The lowest BCUT2D eigenvalue weighted by molar-refractivity contribution is -0.121. The van der Waals surface area contributed by atoms with Crippen LogP contribution in [0.4, 0.5) is 0 Å². The van der Waals surface area contributed by atoms with E-state index in [1.165, 1.54) is 5.56 Å². The van der Waals surface area contributed by atoms with Crippen LogP contribution in [0.3, 0.4) is 0 Å². The Balaban J connectivity index is 2.16. The molecular formula is C24H30N2O3. The second-order valence-electron chi connectivity index (χ2n) is 7.50. The van der Waals surface area contributed by atoms with Gasteiger partial charge in [0.25, 0.3) is 0 Å². The molecule has 0 aliphatic rings. The predicted octanol–water partition coefficient (Wildman–Crippen LogP) is 4.79. The molecule has 1 aromatic heterocycles. The van der Waals surface area contributed by atoms with E-state index in [4.69, 9.17) is 9.47 Å². The molecule has 5 nitrogen and oxygen atoms in total. The summed E-state index contributed by atoms with van der Waals surface area (Å²) >= 11 is 0. The average molecular weight is 395 g/mol. The number of rotatable bonds is 8. The van der Waals surface area contributed by atoms with Crippen LogP contribution in [0.15, 0.2) is 42.6 Å². The van der Waals surface area contributed by atoms with Crippen molar-refractivity contribution in [1.29, 1.82) is 0 Å². The van der Waals surface area contributed by atoms with E-state index < -0.39 is 0 Å². The highest BCUT2D eigenvalue weighted by molar-refractivity contribution is 5.88. The van der Waals surface area contributed by atoms with E-state index >= 15 is 0 Å². The summed E-state index contributed by atoms with van der Waals surface area (Å²) in [6.45, 7) is 6.09. The van der Waals surface area contributed by atoms with Crippen LogP contribution in [0.25, 0.3) is 10.9 Å². The Hall–Kier alpha value is -2.95. The number of aromatic nitrogens is 1. The van der Waals surface area contributed by atoms with Crippen LogP contribution in [0.2, 0.25) is 0 Å². The van der Waals surface area contributed by atoms with Gasteiger partial charge in [0.05, 0.1) is 14.2 Å². The molecule has 0 aliphatic heterocycles. The summed E-state index contributed by atoms with van der Waals surface area (Å²) < 4.78 is 11.2. The van der Waals surface area contributed by atoms with E-state index in [0.29, 0.717) is 17.9 Å². The van der Waals surface area contributed by atoms with Gasteiger partial charge in [-0.05, 0) is 37.5 Å². The lowest BCUT2D eigenvalue weighted by Gasteiger charge is -2.22. The maximum atomic E-state index is 12.8. The summed E-state index contributed by atoms with van der Waals surface area (Å²) in [5.74, 6) is 1.17. The number of fused-ring (bicyclic) bond motifs is 1. The highest BCUT2D eigenvalue weighted by atomic mass is 16.5. The molecule has 3 aromatic rings. The number of H-pyrrole nitrogens is 1. The van der Waals surface area contributed by atoms with Crippen molar-refractivity contribution in [2.75, 3.05) is 14.2 Å². The lowest BCUT2D eigenvalue weighted by Crippen LogP contribution is -2.31. The van der Waals surface area contributed by atoms with Crippen molar-refractivity contribution >= 4 is 16.8 Å².